The van der Waals surface area contributed by atoms with Crippen molar-refractivity contribution in [3.8, 4) is 0 Å². The molecule has 5 aliphatic rings. The van der Waals surface area contributed by atoms with E-state index in [9.17, 15) is 9.59 Å². The summed E-state index contributed by atoms with van der Waals surface area (Å²) in [7, 11) is 0. The van der Waals surface area contributed by atoms with Gasteiger partial charge in [-0.25, -0.2) is 0 Å². The molecule has 32 heavy (non-hydrogen) atoms. The van der Waals surface area contributed by atoms with E-state index in [1.165, 1.54) is 58.0 Å². The molecule has 1 heterocycles. The summed E-state index contributed by atoms with van der Waals surface area (Å²) in [5.74, 6) is 3.20. The highest BCUT2D eigenvalue weighted by molar-refractivity contribution is 5.95. The Balaban J connectivity index is 1.20. The molecular formula is C28H44NO3+. The van der Waals surface area contributed by atoms with E-state index < -0.39 is 0 Å². The second-order valence-electron chi connectivity index (χ2n) is 12.4. The lowest BCUT2D eigenvalue weighted by Gasteiger charge is -2.60. The number of quaternary nitrogens is 1. The molecule has 0 aromatic carbocycles. The fourth-order valence-corrected chi connectivity index (χ4v) is 9.09. The molecular weight excluding hydrogens is 398 g/mol. The number of hydrogen-bond donors (Lipinski definition) is 1. The second kappa shape index (κ2) is 8.56. The molecule has 178 valence electrons. The van der Waals surface area contributed by atoms with E-state index in [4.69, 9.17) is 4.74 Å². The van der Waals surface area contributed by atoms with Crippen molar-refractivity contribution < 1.29 is 19.2 Å². The summed E-state index contributed by atoms with van der Waals surface area (Å²) < 4.78 is 6.01. The van der Waals surface area contributed by atoms with Gasteiger partial charge in [-0.3, -0.25) is 9.59 Å². The number of likely N-dealkylation sites (tertiary alicyclic amines) is 1. The third kappa shape index (κ3) is 3.79. The number of carbonyl (C=O) groups is 2. The van der Waals surface area contributed by atoms with Crippen LogP contribution in [0, 0.1) is 34.5 Å². The molecule has 7 unspecified atom stereocenters. The van der Waals surface area contributed by atoms with E-state index in [2.05, 4.69) is 19.9 Å². The maximum absolute atomic E-state index is 12.5. The minimum Gasteiger partial charge on any atom is -0.462 e. The van der Waals surface area contributed by atoms with Crippen LogP contribution in [0.4, 0.5) is 0 Å². The smallest absolute Gasteiger partial charge is 0.311 e. The largest absolute Gasteiger partial charge is 0.462 e. The second-order valence-corrected chi connectivity index (χ2v) is 12.4. The number of rotatable bonds is 5. The Bertz CT molecular complexity index is 784. The molecule has 0 radical (unpaired) electrons. The van der Waals surface area contributed by atoms with Crippen LogP contribution in [0.1, 0.15) is 91.4 Å². The third-order valence-electron chi connectivity index (χ3n) is 10.9. The van der Waals surface area contributed by atoms with Crippen LogP contribution in [-0.4, -0.2) is 37.5 Å². The molecule has 4 aliphatic carbocycles. The van der Waals surface area contributed by atoms with Gasteiger partial charge in [-0.05, 0) is 98.4 Å². The number of esters is 1. The number of nitrogens with one attached hydrogen (secondary N) is 1. The molecule has 3 saturated carbocycles. The van der Waals surface area contributed by atoms with Gasteiger partial charge in [0.2, 0.25) is 0 Å². The zero-order chi connectivity index (χ0) is 22.5. The van der Waals surface area contributed by atoms with Crippen LogP contribution in [0.15, 0.2) is 11.6 Å². The molecule has 0 aromatic heterocycles. The van der Waals surface area contributed by atoms with Gasteiger partial charge in [0.25, 0.3) is 0 Å². The summed E-state index contributed by atoms with van der Waals surface area (Å²) in [4.78, 5) is 26.4. The number of carbonyl (C=O) groups excluding carboxylic acids is 2. The van der Waals surface area contributed by atoms with Crippen molar-refractivity contribution in [3.05, 3.63) is 11.6 Å². The summed E-state index contributed by atoms with van der Waals surface area (Å²) >= 11 is 0. The van der Waals surface area contributed by atoms with Crippen molar-refractivity contribution in [1.29, 1.82) is 0 Å². The lowest BCUT2D eigenvalue weighted by atomic mass is 9.44. The molecule has 4 fully saturated rings. The molecule has 1 N–H and O–H groups in total. The van der Waals surface area contributed by atoms with Gasteiger partial charge in [-0.1, -0.05) is 19.9 Å². The van der Waals surface area contributed by atoms with E-state index >= 15 is 0 Å². The summed E-state index contributed by atoms with van der Waals surface area (Å²) in [6.45, 7) is 10.1. The van der Waals surface area contributed by atoms with E-state index in [0.717, 1.165) is 43.2 Å². The first-order chi connectivity index (χ1) is 15.3. The molecule has 0 aromatic rings. The Labute approximate surface area is 194 Å². The molecule has 1 saturated heterocycles. The molecule has 7 atom stereocenters. The predicted octanol–water partition coefficient (Wildman–Crippen LogP) is 4.14. The van der Waals surface area contributed by atoms with Crippen molar-refractivity contribution in [2.75, 3.05) is 19.6 Å². The van der Waals surface area contributed by atoms with Crippen LogP contribution >= 0.6 is 0 Å². The number of hydrogen-bond acceptors (Lipinski definition) is 3. The van der Waals surface area contributed by atoms with Crippen LogP contribution in [0.5, 0.6) is 0 Å². The van der Waals surface area contributed by atoms with Gasteiger partial charge >= 0.3 is 5.97 Å². The standard InChI is InChI=1S/C28H43NO3/c1-19(30)23-8-9-24-22-7-6-20-18-21(32-26(31)12-17-29-15-4-5-16-29)10-13-27(20,2)25(22)11-14-28(23,24)3/h8,20-22,24-25H,4-7,9-18H2,1-3H3/p+1. The molecule has 0 amide bonds. The van der Waals surface area contributed by atoms with E-state index in [1.54, 1.807) is 11.8 Å². The molecule has 1 aliphatic heterocycles. The summed E-state index contributed by atoms with van der Waals surface area (Å²) in [6, 6.07) is 0. The Kier molecular flexibility index (Phi) is 6.05. The van der Waals surface area contributed by atoms with Crippen molar-refractivity contribution in [3.63, 3.8) is 0 Å². The average Bonchev–Trinajstić information content (AvgIpc) is 3.39. The topological polar surface area (TPSA) is 47.8 Å². The number of fused-ring (bicyclic) bond motifs is 5. The summed E-state index contributed by atoms with van der Waals surface area (Å²) in [5.41, 5.74) is 1.62. The Morgan fingerprint density at radius 3 is 2.59 bits per heavy atom. The van der Waals surface area contributed by atoms with Gasteiger partial charge in [0.15, 0.2) is 5.78 Å². The zero-order valence-electron chi connectivity index (χ0n) is 20.6. The van der Waals surface area contributed by atoms with Crippen molar-refractivity contribution >= 4 is 11.8 Å². The molecule has 0 bridgehead atoms. The highest BCUT2D eigenvalue weighted by atomic mass is 16.5. The van der Waals surface area contributed by atoms with E-state index in [1.807, 2.05) is 0 Å². The lowest BCUT2D eigenvalue weighted by Crippen LogP contribution is -3.10. The SMILES string of the molecule is CC(=O)C1=CCC2C3CCC4CC(OC(=O)CC[NH+]5CCCC5)CCC4(C)C3CCC12C. The predicted molar refractivity (Wildman–Crippen MR) is 125 cm³/mol. The summed E-state index contributed by atoms with van der Waals surface area (Å²) in [6.07, 6.45) is 15.0. The van der Waals surface area contributed by atoms with E-state index in [-0.39, 0.29) is 17.5 Å². The fraction of sp³-hybridized carbons (Fsp3) is 0.857. The maximum atomic E-state index is 12.5. The van der Waals surface area contributed by atoms with Crippen molar-refractivity contribution in [1.82, 2.24) is 0 Å². The van der Waals surface area contributed by atoms with Gasteiger partial charge in [0, 0.05) is 12.8 Å². The monoisotopic (exact) mass is 442 g/mol. The first-order valence-electron chi connectivity index (χ1n) is 13.6. The quantitative estimate of drug-likeness (QED) is 0.651. The number of ether oxygens (including phenoxy) is 1. The normalized spacial score (nSPS) is 43.7. The van der Waals surface area contributed by atoms with Crippen LogP contribution in [0.3, 0.4) is 0 Å². The van der Waals surface area contributed by atoms with Crippen LogP contribution in [0.25, 0.3) is 0 Å². The van der Waals surface area contributed by atoms with Gasteiger partial charge in [-0.2, -0.15) is 0 Å². The zero-order valence-corrected chi connectivity index (χ0v) is 20.6. The van der Waals surface area contributed by atoms with Gasteiger partial charge in [0.05, 0.1) is 26.1 Å². The third-order valence-corrected chi connectivity index (χ3v) is 10.9. The molecule has 0 spiro atoms. The Morgan fingerprint density at radius 1 is 1.06 bits per heavy atom. The van der Waals surface area contributed by atoms with Crippen LogP contribution < -0.4 is 4.90 Å². The average molecular weight is 443 g/mol. The minimum absolute atomic E-state index is 0.0360. The first-order valence-corrected chi connectivity index (χ1v) is 13.6. The maximum Gasteiger partial charge on any atom is 0.311 e. The highest BCUT2D eigenvalue weighted by Crippen LogP contribution is 2.66. The fourth-order valence-electron chi connectivity index (χ4n) is 9.09. The van der Waals surface area contributed by atoms with Crippen molar-refractivity contribution in [2.24, 2.45) is 34.5 Å². The van der Waals surface area contributed by atoms with E-state index in [0.29, 0.717) is 29.5 Å². The summed E-state index contributed by atoms with van der Waals surface area (Å²) in [5, 5.41) is 0. The minimum atomic E-state index is 0.0360. The molecule has 4 nitrogen and oxygen atoms in total. The van der Waals surface area contributed by atoms with Gasteiger partial charge in [0.1, 0.15) is 6.10 Å². The molecule has 5 rings (SSSR count). The number of allylic oxidation sites excluding steroid dienone is 2. The number of Topliss-reactive ketones (excluding diaryl/α,β-unsaturated/α-hetero) is 1. The van der Waals surface area contributed by atoms with Gasteiger partial charge < -0.3 is 9.64 Å². The lowest BCUT2D eigenvalue weighted by molar-refractivity contribution is -0.886. The Hall–Kier alpha value is -1.16. The molecule has 4 heteroatoms. The highest BCUT2D eigenvalue weighted by Gasteiger charge is 2.59. The van der Waals surface area contributed by atoms with Crippen molar-refractivity contribution in [2.45, 2.75) is 97.5 Å². The Morgan fingerprint density at radius 2 is 1.84 bits per heavy atom. The van der Waals surface area contributed by atoms with Gasteiger partial charge in [-0.15, -0.1) is 0 Å². The first kappa shape index (κ1) is 22.6. The number of ketones is 1. The van der Waals surface area contributed by atoms with Crippen LogP contribution in [0.2, 0.25) is 0 Å². The van der Waals surface area contributed by atoms with Crippen LogP contribution in [-0.2, 0) is 14.3 Å².